The third-order valence-corrected chi connectivity index (χ3v) is 5.85. The fourth-order valence-electron chi connectivity index (χ4n) is 3.16. The standard InChI is InChI=1S/C24H31FN2O3S/c1-4-14-26-24(29)22(5-2)27(15-18-10-12-20(30-3)13-11-18)23(28)17-31-16-19-8-6-7-9-21(19)25/h6-13,22H,4-5,14-17H2,1-3H3,(H,26,29)/t22-/m1/s1. The van der Waals surface area contributed by atoms with E-state index in [2.05, 4.69) is 5.32 Å². The minimum absolute atomic E-state index is 0.143. The Morgan fingerprint density at radius 2 is 1.84 bits per heavy atom. The number of carbonyl (C=O) groups is 2. The zero-order valence-electron chi connectivity index (χ0n) is 18.4. The highest BCUT2D eigenvalue weighted by Gasteiger charge is 2.28. The normalized spacial score (nSPS) is 11.6. The first-order chi connectivity index (χ1) is 15.0. The van der Waals surface area contributed by atoms with Gasteiger partial charge < -0.3 is 15.0 Å². The Morgan fingerprint density at radius 1 is 1.13 bits per heavy atom. The third kappa shape index (κ3) is 7.58. The Kier molecular flexibility index (Phi) is 10.4. The van der Waals surface area contributed by atoms with Crippen LogP contribution in [0.15, 0.2) is 48.5 Å². The Bertz CT molecular complexity index is 845. The van der Waals surface area contributed by atoms with Crippen LogP contribution in [0.1, 0.15) is 37.8 Å². The molecule has 2 amide bonds. The molecule has 1 atom stereocenters. The van der Waals surface area contributed by atoms with E-state index in [0.717, 1.165) is 17.7 Å². The zero-order valence-corrected chi connectivity index (χ0v) is 19.2. The lowest BCUT2D eigenvalue weighted by Crippen LogP contribution is -2.49. The van der Waals surface area contributed by atoms with Crippen molar-refractivity contribution in [2.45, 2.75) is 45.0 Å². The number of carbonyl (C=O) groups excluding carboxylic acids is 2. The number of nitrogens with zero attached hydrogens (tertiary/aromatic N) is 1. The first-order valence-corrected chi connectivity index (χ1v) is 11.7. The summed E-state index contributed by atoms with van der Waals surface area (Å²) in [6, 6.07) is 13.5. The van der Waals surface area contributed by atoms with Crippen molar-refractivity contribution in [2.24, 2.45) is 0 Å². The van der Waals surface area contributed by atoms with Crippen LogP contribution in [0.3, 0.4) is 0 Å². The molecule has 168 valence electrons. The number of hydrogen-bond donors (Lipinski definition) is 1. The van der Waals surface area contributed by atoms with Gasteiger partial charge in [0.2, 0.25) is 11.8 Å². The van der Waals surface area contributed by atoms with Crippen molar-refractivity contribution in [2.75, 3.05) is 19.4 Å². The van der Waals surface area contributed by atoms with Crippen LogP contribution in [0, 0.1) is 5.82 Å². The van der Waals surface area contributed by atoms with Crippen molar-refractivity contribution >= 4 is 23.6 Å². The molecule has 0 fully saturated rings. The van der Waals surface area contributed by atoms with E-state index in [1.807, 2.05) is 38.1 Å². The summed E-state index contributed by atoms with van der Waals surface area (Å²) in [6.07, 6.45) is 1.34. The summed E-state index contributed by atoms with van der Waals surface area (Å²) in [5, 5.41) is 2.90. The van der Waals surface area contributed by atoms with Gasteiger partial charge in [-0.15, -0.1) is 11.8 Å². The van der Waals surface area contributed by atoms with E-state index in [4.69, 9.17) is 4.74 Å². The zero-order chi connectivity index (χ0) is 22.6. The summed E-state index contributed by atoms with van der Waals surface area (Å²) >= 11 is 1.35. The molecular weight excluding hydrogens is 415 g/mol. The molecule has 0 aliphatic carbocycles. The molecule has 0 aliphatic rings. The number of benzene rings is 2. The summed E-state index contributed by atoms with van der Waals surface area (Å²) in [5.74, 6) is 0.731. The fraction of sp³-hybridized carbons (Fsp3) is 0.417. The number of amides is 2. The van der Waals surface area contributed by atoms with E-state index < -0.39 is 6.04 Å². The highest BCUT2D eigenvalue weighted by Crippen LogP contribution is 2.20. The van der Waals surface area contributed by atoms with Crippen molar-refractivity contribution in [3.05, 3.63) is 65.5 Å². The second-order valence-corrected chi connectivity index (χ2v) is 8.15. The van der Waals surface area contributed by atoms with Crippen LogP contribution in [-0.4, -0.2) is 42.2 Å². The maximum Gasteiger partial charge on any atom is 0.242 e. The van der Waals surface area contributed by atoms with Crippen LogP contribution in [0.5, 0.6) is 5.75 Å². The Morgan fingerprint density at radius 3 is 2.45 bits per heavy atom. The van der Waals surface area contributed by atoms with Gasteiger partial charge in [-0.3, -0.25) is 9.59 Å². The van der Waals surface area contributed by atoms with Gasteiger partial charge in [-0.1, -0.05) is 44.2 Å². The average molecular weight is 447 g/mol. The quantitative estimate of drug-likeness (QED) is 0.525. The number of rotatable bonds is 12. The van der Waals surface area contributed by atoms with E-state index in [1.165, 1.54) is 17.8 Å². The largest absolute Gasteiger partial charge is 0.497 e. The van der Waals surface area contributed by atoms with Gasteiger partial charge in [-0.05, 0) is 42.2 Å². The number of nitrogens with one attached hydrogen (secondary N) is 1. The summed E-state index contributed by atoms with van der Waals surface area (Å²) in [7, 11) is 1.60. The first kappa shape index (κ1) is 24.7. The van der Waals surface area contributed by atoms with Crippen LogP contribution >= 0.6 is 11.8 Å². The number of thioether (sulfide) groups is 1. The van der Waals surface area contributed by atoms with Crippen molar-refractivity contribution in [1.82, 2.24) is 10.2 Å². The Labute approximate surface area is 188 Å². The first-order valence-electron chi connectivity index (χ1n) is 10.5. The summed E-state index contributed by atoms with van der Waals surface area (Å²) in [6.45, 7) is 4.78. The lowest BCUT2D eigenvalue weighted by atomic mass is 10.1. The minimum atomic E-state index is -0.560. The van der Waals surface area contributed by atoms with E-state index in [1.54, 1.807) is 30.2 Å². The molecule has 2 aromatic carbocycles. The molecule has 0 heterocycles. The van der Waals surface area contributed by atoms with Gasteiger partial charge in [0, 0.05) is 18.8 Å². The molecule has 0 bridgehead atoms. The highest BCUT2D eigenvalue weighted by molar-refractivity contribution is 7.99. The monoisotopic (exact) mass is 446 g/mol. The maximum atomic E-state index is 13.9. The molecule has 31 heavy (non-hydrogen) atoms. The van der Waals surface area contributed by atoms with Gasteiger partial charge in [0.1, 0.15) is 17.6 Å². The molecule has 2 rings (SSSR count). The molecular formula is C24H31FN2O3S. The van der Waals surface area contributed by atoms with Crippen LogP contribution in [0.2, 0.25) is 0 Å². The number of hydrogen-bond acceptors (Lipinski definition) is 4. The van der Waals surface area contributed by atoms with E-state index in [9.17, 15) is 14.0 Å². The lowest BCUT2D eigenvalue weighted by molar-refractivity contribution is -0.139. The smallest absolute Gasteiger partial charge is 0.242 e. The van der Waals surface area contributed by atoms with Gasteiger partial charge in [0.15, 0.2) is 0 Å². The van der Waals surface area contributed by atoms with Gasteiger partial charge in [0.25, 0.3) is 0 Å². The SMILES string of the molecule is CCCNC(=O)[C@@H](CC)N(Cc1ccc(OC)cc1)C(=O)CSCc1ccccc1F. The molecule has 0 aliphatic heterocycles. The molecule has 0 saturated heterocycles. The summed E-state index contributed by atoms with van der Waals surface area (Å²) in [4.78, 5) is 27.5. The maximum absolute atomic E-state index is 13.9. The minimum Gasteiger partial charge on any atom is -0.497 e. The predicted molar refractivity (Wildman–Crippen MR) is 123 cm³/mol. The molecule has 1 N–H and O–H groups in total. The molecule has 5 nitrogen and oxygen atoms in total. The molecule has 2 aromatic rings. The van der Waals surface area contributed by atoms with Crippen molar-refractivity contribution < 1.29 is 18.7 Å². The lowest BCUT2D eigenvalue weighted by Gasteiger charge is -2.30. The average Bonchev–Trinajstić information content (AvgIpc) is 2.79. The molecule has 7 heteroatoms. The third-order valence-electron chi connectivity index (χ3n) is 4.89. The molecule has 0 spiro atoms. The van der Waals surface area contributed by atoms with Crippen molar-refractivity contribution in [3.8, 4) is 5.75 Å². The predicted octanol–water partition coefficient (Wildman–Crippen LogP) is 4.40. The molecule has 0 radical (unpaired) electrons. The van der Waals surface area contributed by atoms with Gasteiger partial charge in [-0.25, -0.2) is 4.39 Å². The summed E-state index contributed by atoms with van der Waals surface area (Å²) < 4.78 is 19.1. The van der Waals surface area contributed by atoms with Gasteiger partial charge in [0.05, 0.1) is 12.9 Å². The van der Waals surface area contributed by atoms with Gasteiger partial charge >= 0.3 is 0 Å². The van der Waals surface area contributed by atoms with Crippen LogP contribution < -0.4 is 10.1 Å². The van der Waals surface area contributed by atoms with Crippen LogP contribution in [0.25, 0.3) is 0 Å². The summed E-state index contributed by atoms with van der Waals surface area (Å²) in [5.41, 5.74) is 1.48. The van der Waals surface area contributed by atoms with E-state index in [0.29, 0.717) is 30.8 Å². The fourth-order valence-corrected chi connectivity index (χ4v) is 4.06. The Hall–Kier alpha value is -2.54. The Balaban J connectivity index is 2.12. The molecule has 0 aromatic heterocycles. The van der Waals surface area contributed by atoms with Crippen LogP contribution in [0.4, 0.5) is 4.39 Å². The number of halogens is 1. The van der Waals surface area contributed by atoms with E-state index >= 15 is 0 Å². The second-order valence-electron chi connectivity index (χ2n) is 7.17. The number of ether oxygens (including phenoxy) is 1. The molecule has 0 unspecified atom stereocenters. The second kappa shape index (κ2) is 13.0. The topological polar surface area (TPSA) is 58.6 Å². The van der Waals surface area contributed by atoms with Gasteiger partial charge in [-0.2, -0.15) is 0 Å². The van der Waals surface area contributed by atoms with Crippen LogP contribution in [-0.2, 0) is 21.9 Å². The van der Waals surface area contributed by atoms with Crippen molar-refractivity contribution in [3.63, 3.8) is 0 Å². The van der Waals surface area contributed by atoms with Crippen molar-refractivity contribution in [1.29, 1.82) is 0 Å². The molecule has 0 saturated carbocycles. The highest BCUT2D eigenvalue weighted by atomic mass is 32.2. The van der Waals surface area contributed by atoms with E-state index in [-0.39, 0.29) is 23.4 Å². The number of methoxy groups -OCH3 is 1.